The number of hydrogen-bond acceptors (Lipinski definition) is 3. The fourth-order valence-corrected chi connectivity index (χ4v) is 4.41. The first-order chi connectivity index (χ1) is 18.4. The van der Waals surface area contributed by atoms with Gasteiger partial charge in [0.05, 0.1) is 17.1 Å². The topological polar surface area (TPSA) is 64.4 Å². The third-order valence-electron chi connectivity index (χ3n) is 6.19. The zero-order valence-corrected chi connectivity index (χ0v) is 21.3. The number of aliphatic carboxylic acids is 1. The molecular formula is C31H24ClFN2O3. The number of carboxylic acid groups (broad SMARTS) is 1. The second-order valence-corrected chi connectivity index (χ2v) is 9.17. The molecule has 0 bridgehead atoms. The van der Waals surface area contributed by atoms with Gasteiger partial charge in [-0.3, -0.25) is 0 Å². The molecule has 0 aliphatic rings. The molecular weight excluding hydrogens is 503 g/mol. The number of carbonyl (C=O) groups is 1. The summed E-state index contributed by atoms with van der Waals surface area (Å²) in [5.74, 6) is -0.836. The van der Waals surface area contributed by atoms with Gasteiger partial charge in [0.1, 0.15) is 11.6 Å². The first-order valence-corrected chi connectivity index (χ1v) is 12.5. The van der Waals surface area contributed by atoms with Crippen LogP contribution in [0, 0.1) is 5.82 Å². The maximum atomic E-state index is 13.7. The molecule has 38 heavy (non-hydrogen) atoms. The predicted molar refractivity (Wildman–Crippen MR) is 147 cm³/mol. The number of benzene rings is 4. The van der Waals surface area contributed by atoms with Crippen LogP contribution in [0.2, 0.25) is 5.02 Å². The minimum absolute atomic E-state index is 0.313. The molecule has 0 saturated carbocycles. The van der Waals surface area contributed by atoms with Crippen LogP contribution in [0.15, 0.2) is 103 Å². The van der Waals surface area contributed by atoms with E-state index < -0.39 is 12.1 Å². The van der Waals surface area contributed by atoms with Crippen LogP contribution in [0.4, 0.5) is 4.39 Å². The van der Waals surface area contributed by atoms with Crippen molar-refractivity contribution in [3.8, 4) is 45.1 Å². The monoisotopic (exact) mass is 526 g/mol. The largest absolute Gasteiger partial charge is 0.479 e. The third-order valence-corrected chi connectivity index (χ3v) is 6.45. The van der Waals surface area contributed by atoms with Crippen LogP contribution in [-0.2, 0) is 4.79 Å². The number of carboxylic acids is 1. The molecule has 5 aromatic rings. The molecule has 0 radical (unpaired) electrons. The van der Waals surface area contributed by atoms with E-state index in [0.717, 1.165) is 39.3 Å². The molecule has 1 aromatic heterocycles. The number of nitrogens with zero attached hydrogens (tertiary/aromatic N) is 2. The van der Waals surface area contributed by atoms with Crippen molar-refractivity contribution in [3.05, 3.63) is 114 Å². The number of hydrogen-bond donors (Lipinski definition) is 1. The van der Waals surface area contributed by atoms with Crippen LogP contribution >= 0.6 is 11.6 Å². The van der Waals surface area contributed by atoms with E-state index in [1.807, 2.05) is 65.3 Å². The van der Waals surface area contributed by atoms with Crippen molar-refractivity contribution in [2.24, 2.45) is 0 Å². The molecule has 7 heteroatoms. The molecule has 0 fully saturated rings. The van der Waals surface area contributed by atoms with Gasteiger partial charge in [-0.25, -0.2) is 13.9 Å². The Labute approximate surface area is 224 Å². The number of ether oxygens (including phenoxy) is 1. The van der Waals surface area contributed by atoms with Crippen LogP contribution in [0.3, 0.4) is 0 Å². The Balaban J connectivity index is 1.61. The maximum absolute atomic E-state index is 13.7. The zero-order valence-electron chi connectivity index (χ0n) is 20.5. The van der Waals surface area contributed by atoms with E-state index in [-0.39, 0.29) is 5.82 Å². The molecule has 5 nitrogen and oxygen atoms in total. The minimum atomic E-state index is -1.00. The summed E-state index contributed by atoms with van der Waals surface area (Å²) in [5.41, 5.74) is 5.79. The Morgan fingerprint density at radius 3 is 2.32 bits per heavy atom. The van der Waals surface area contributed by atoms with Crippen molar-refractivity contribution >= 4 is 17.6 Å². The average molecular weight is 527 g/mol. The summed E-state index contributed by atoms with van der Waals surface area (Å²) in [5, 5.41) is 15.0. The second-order valence-electron chi connectivity index (χ2n) is 8.74. The summed E-state index contributed by atoms with van der Waals surface area (Å²) in [6.45, 7) is 1.77. The van der Waals surface area contributed by atoms with Crippen molar-refractivity contribution in [1.82, 2.24) is 9.78 Å². The predicted octanol–water partition coefficient (Wildman–Crippen LogP) is 7.91. The van der Waals surface area contributed by atoms with E-state index >= 15 is 0 Å². The SMILES string of the molecule is CCC(Oc1cccc(-c2ccccc2-c2cc(-c3ccc(F)cc3)n(-c3ccc(Cl)cc3)n2)c1)C(=O)O. The molecule has 1 atom stereocenters. The lowest BCUT2D eigenvalue weighted by molar-refractivity contribution is -0.145. The van der Waals surface area contributed by atoms with E-state index in [4.69, 9.17) is 21.4 Å². The molecule has 0 amide bonds. The highest BCUT2D eigenvalue weighted by Crippen LogP contribution is 2.36. The molecule has 4 aromatic carbocycles. The lowest BCUT2D eigenvalue weighted by Gasteiger charge is -2.15. The first-order valence-electron chi connectivity index (χ1n) is 12.1. The molecule has 0 aliphatic carbocycles. The molecule has 1 unspecified atom stereocenters. The molecule has 0 spiro atoms. The van der Waals surface area contributed by atoms with Gasteiger partial charge in [-0.15, -0.1) is 0 Å². The Hall–Kier alpha value is -4.42. The Morgan fingerprint density at radius 1 is 0.921 bits per heavy atom. The molecule has 1 N–H and O–H groups in total. The summed E-state index contributed by atoms with van der Waals surface area (Å²) in [6.07, 6.45) is -0.571. The van der Waals surface area contributed by atoms with Crippen LogP contribution in [-0.4, -0.2) is 27.0 Å². The van der Waals surface area contributed by atoms with Crippen LogP contribution < -0.4 is 4.74 Å². The van der Waals surface area contributed by atoms with Crippen LogP contribution in [0.25, 0.3) is 39.3 Å². The van der Waals surface area contributed by atoms with Gasteiger partial charge < -0.3 is 9.84 Å². The highest BCUT2D eigenvalue weighted by Gasteiger charge is 2.19. The molecule has 190 valence electrons. The van der Waals surface area contributed by atoms with Crippen molar-refractivity contribution in [2.75, 3.05) is 0 Å². The van der Waals surface area contributed by atoms with Crippen molar-refractivity contribution in [1.29, 1.82) is 0 Å². The highest BCUT2D eigenvalue weighted by atomic mass is 35.5. The zero-order chi connectivity index (χ0) is 26.6. The summed E-state index contributed by atoms with van der Waals surface area (Å²) < 4.78 is 21.2. The third kappa shape index (κ3) is 5.31. The maximum Gasteiger partial charge on any atom is 0.344 e. The molecule has 0 saturated heterocycles. The molecule has 1 heterocycles. The van der Waals surface area contributed by atoms with E-state index in [0.29, 0.717) is 17.2 Å². The quantitative estimate of drug-likeness (QED) is 0.223. The molecule has 0 aliphatic heterocycles. The summed E-state index contributed by atoms with van der Waals surface area (Å²) >= 11 is 6.12. The Morgan fingerprint density at radius 2 is 1.63 bits per heavy atom. The first kappa shape index (κ1) is 25.2. The lowest BCUT2D eigenvalue weighted by atomic mass is 9.97. The van der Waals surface area contributed by atoms with Gasteiger partial charge in [0.25, 0.3) is 0 Å². The van der Waals surface area contributed by atoms with Crippen LogP contribution in [0.1, 0.15) is 13.3 Å². The smallest absolute Gasteiger partial charge is 0.344 e. The van der Waals surface area contributed by atoms with Gasteiger partial charge in [-0.1, -0.05) is 54.9 Å². The fraction of sp³-hybridized carbons (Fsp3) is 0.0968. The van der Waals surface area contributed by atoms with E-state index in [1.165, 1.54) is 12.1 Å². The Bertz CT molecular complexity index is 1520. The van der Waals surface area contributed by atoms with E-state index in [1.54, 1.807) is 37.3 Å². The Kier molecular flexibility index (Phi) is 7.24. The number of halogens is 2. The number of aromatic nitrogens is 2. The van der Waals surface area contributed by atoms with Gasteiger partial charge in [-0.05, 0) is 84.3 Å². The van der Waals surface area contributed by atoms with Gasteiger partial charge >= 0.3 is 5.97 Å². The van der Waals surface area contributed by atoms with Gasteiger partial charge in [0.15, 0.2) is 6.10 Å². The summed E-state index contributed by atoms with van der Waals surface area (Å²) in [4.78, 5) is 11.5. The van der Waals surface area contributed by atoms with Gasteiger partial charge in [0.2, 0.25) is 0 Å². The van der Waals surface area contributed by atoms with Crippen molar-refractivity contribution in [3.63, 3.8) is 0 Å². The summed E-state index contributed by atoms with van der Waals surface area (Å²) in [7, 11) is 0. The number of rotatable bonds is 8. The highest BCUT2D eigenvalue weighted by molar-refractivity contribution is 6.30. The fourth-order valence-electron chi connectivity index (χ4n) is 4.29. The van der Waals surface area contributed by atoms with E-state index in [2.05, 4.69) is 0 Å². The van der Waals surface area contributed by atoms with Crippen molar-refractivity contribution in [2.45, 2.75) is 19.4 Å². The van der Waals surface area contributed by atoms with Crippen molar-refractivity contribution < 1.29 is 19.0 Å². The minimum Gasteiger partial charge on any atom is -0.479 e. The standard InChI is InChI=1S/C31H24ClFN2O3/c1-2-30(31(36)37)38-25-7-5-6-21(18-25)26-8-3-4-9-27(26)28-19-29(20-10-14-23(33)15-11-20)35(34-28)24-16-12-22(32)13-17-24/h3-19,30H,2H2,1H3,(H,36,37). The normalized spacial score (nSPS) is 11.8. The van der Waals surface area contributed by atoms with E-state index in [9.17, 15) is 14.3 Å². The van der Waals surface area contributed by atoms with Gasteiger partial charge in [0, 0.05) is 16.1 Å². The average Bonchev–Trinajstić information content (AvgIpc) is 3.38. The van der Waals surface area contributed by atoms with Crippen LogP contribution in [0.5, 0.6) is 5.75 Å². The molecule has 5 rings (SSSR count). The summed E-state index contributed by atoms with van der Waals surface area (Å²) in [6, 6.07) is 30.9. The second kappa shape index (κ2) is 10.9. The lowest BCUT2D eigenvalue weighted by Crippen LogP contribution is -2.25. The van der Waals surface area contributed by atoms with Gasteiger partial charge in [-0.2, -0.15) is 5.10 Å².